The zero-order valence-electron chi connectivity index (χ0n) is 5.64. The second-order valence-corrected chi connectivity index (χ2v) is 3.37. The third-order valence-electron chi connectivity index (χ3n) is 1.39. The van der Waals surface area contributed by atoms with Gasteiger partial charge in [-0.3, -0.25) is 0 Å². The molecule has 2 rings (SSSR count). The van der Waals surface area contributed by atoms with Gasteiger partial charge in [-0.25, -0.2) is 0 Å². The third-order valence-corrected chi connectivity index (χ3v) is 2.06. The van der Waals surface area contributed by atoms with Gasteiger partial charge < -0.3 is 4.42 Å². The highest BCUT2D eigenvalue weighted by atomic mass is 35.5. The Hall–Kier alpha value is -0.440. The molecule has 0 saturated carbocycles. The standard InChI is InChI=1S/C7H2Cl3NO/c8-3-1-4(9)6-5(2-3)12-7(10)11-6/h1-2H. The predicted molar refractivity (Wildman–Crippen MR) is 49.0 cm³/mol. The summed E-state index contributed by atoms with van der Waals surface area (Å²) < 4.78 is 5.01. The smallest absolute Gasteiger partial charge is 0.293 e. The van der Waals surface area contributed by atoms with Gasteiger partial charge in [0, 0.05) is 11.1 Å². The highest BCUT2D eigenvalue weighted by molar-refractivity contribution is 6.38. The Morgan fingerprint density at radius 1 is 1.17 bits per heavy atom. The molecule has 0 fully saturated rings. The van der Waals surface area contributed by atoms with Crippen molar-refractivity contribution in [3.05, 3.63) is 27.5 Å². The minimum atomic E-state index is 0.0640. The van der Waals surface area contributed by atoms with Crippen LogP contribution in [0.15, 0.2) is 16.5 Å². The molecule has 62 valence electrons. The summed E-state index contributed by atoms with van der Waals surface area (Å²) in [5.41, 5.74) is 1.03. The fraction of sp³-hybridized carbons (Fsp3) is 0. The van der Waals surface area contributed by atoms with E-state index in [1.165, 1.54) is 0 Å². The summed E-state index contributed by atoms with van der Waals surface area (Å²) in [5, 5.41) is 1.00. The number of oxazole rings is 1. The summed E-state index contributed by atoms with van der Waals surface area (Å²) >= 11 is 17.1. The van der Waals surface area contributed by atoms with E-state index in [9.17, 15) is 0 Å². The maximum Gasteiger partial charge on any atom is 0.293 e. The molecule has 0 aliphatic heterocycles. The van der Waals surface area contributed by atoms with E-state index in [4.69, 9.17) is 39.2 Å². The van der Waals surface area contributed by atoms with Crippen LogP contribution in [0.2, 0.25) is 15.4 Å². The van der Waals surface area contributed by atoms with Crippen LogP contribution in [0.4, 0.5) is 0 Å². The molecule has 0 aliphatic carbocycles. The van der Waals surface area contributed by atoms with E-state index in [-0.39, 0.29) is 5.35 Å². The zero-order chi connectivity index (χ0) is 8.72. The summed E-state index contributed by atoms with van der Waals surface area (Å²) in [7, 11) is 0. The normalized spacial score (nSPS) is 10.9. The molecule has 0 aliphatic rings. The third kappa shape index (κ3) is 1.26. The fourth-order valence-electron chi connectivity index (χ4n) is 0.930. The first-order valence-electron chi connectivity index (χ1n) is 3.08. The summed E-state index contributed by atoms with van der Waals surface area (Å²) in [6.45, 7) is 0. The van der Waals surface area contributed by atoms with E-state index < -0.39 is 0 Å². The van der Waals surface area contributed by atoms with Gasteiger partial charge in [0.25, 0.3) is 5.35 Å². The van der Waals surface area contributed by atoms with Gasteiger partial charge in [0.05, 0.1) is 5.02 Å². The molecule has 0 unspecified atom stereocenters. The van der Waals surface area contributed by atoms with Gasteiger partial charge in [0.1, 0.15) is 5.52 Å². The molecule has 1 heterocycles. The van der Waals surface area contributed by atoms with E-state index >= 15 is 0 Å². The quantitative estimate of drug-likeness (QED) is 0.678. The van der Waals surface area contributed by atoms with Crippen molar-refractivity contribution in [1.82, 2.24) is 4.98 Å². The molecule has 0 saturated heterocycles. The van der Waals surface area contributed by atoms with Crippen LogP contribution >= 0.6 is 34.8 Å². The number of nitrogens with zero attached hydrogens (tertiary/aromatic N) is 1. The van der Waals surface area contributed by atoms with Gasteiger partial charge in [-0.05, 0) is 17.7 Å². The Balaban J connectivity index is 2.88. The molecular formula is C7H2Cl3NO. The largest absolute Gasteiger partial charge is 0.427 e. The van der Waals surface area contributed by atoms with Crippen LogP contribution < -0.4 is 0 Å². The first kappa shape index (κ1) is 8.17. The monoisotopic (exact) mass is 221 g/mol. The first-order valence-corrected chi connectivity index (χ1v) is 4.21. The van der Waals surface area contributed by atoms with Gasteiger partial charge in [-0.2, -0.15) is 4.98 Å². The Kier molecular flexibility index (Phi) is 1.91. The summed E-state index contributed by atoms with van der Waals surface area (Å²) in [5.74, 6) is 0. The number of hydrogen-bond acceptors (Lipinski definition) is 2. The maximum atomic E-state index is 5.81. The lowest BCUT2D eigenvalue weighted by Crippen LogP contribution is -1.70. The van der Waals surface area contributed by atoms with Gasteiger partial charge in [0.15, 0.2) is 5.58 Å². The second kappa shape index (κ2) is 2.80. The Bertz CT molecular complexity index is 437. The Labute approximate surface area is 83.0 Å². The lowest BCUT2D eigenvalue weighted by Gasteiger charge is -1.91. The minimum absolute atomic E-state index is 0.0640. The molecular weight excluding hydrogens is 220 g/mol. The maximum absolute atomic E-state index is 5.81. The molecule has 0 atom stereocenters. The number of rotatable bonds is 0. The van der Waals surface area contributed by atoms with E-state index in [2.05, 4.69) is 4.98 Å². The molecule has 1 aromatic heterocycles. The number of fused-ring (bicyclic) bond motifs is 1. The summed E-state index contributed by atoms with van der Waals surface area (Å²) in [6.07, 6.45) is 0. The summed E-state index contributed by atoms with van der Waals surface area (Å²) in [6, 6.07) is 3.20. The van der Waals surface area contributed by atoms with Crippen LogP contribution in [0.3, 0.4) is 0 Å². The zero-order valence-corrected chi connectivity index (χ0v) is 7.91. The number of benzene rings is 1. The predicted octanol–water partition coefficient (Wildman–Crippen LogP) is 3.79. The van der Waals surface area contributed by atoms with Crippen molar-refractivity contribution in [3.63, 3.8) is 0 Å². The van der Waals surface area contributed by atoms with E-state index in [1.54, 1.807) is 12.1 Å². The topological polar surface area (TPSA) is 26.0 Å². The minimum Gasteiger partial charge on any atom is -0.427 e. The molecule has 5 heteroatoms. The van der Waals surface area contributed by atoms with Crippen molar-refractivity contribution in [2.24, 2.45) is 0 Å². The van der Waals surface area contributed by atoms with Crippen LogP contribution in [0, 0.1) is 0 Å². The van der Waals surface area contributed by atoms with Gasteiger partial charge in [-0.1, -0.05) is 23.2 Å². The SMILES string of the molecule is Clc1cc(Cl)c2nc(Cl)oc2c1. The molecule has 2 nitrogen and oxygen atoms in total. The van der Waals surface area contributed by atoms with Crippen molar-refractivity contribution in [2.75, 3.05) is 0 Å². The number of halogens is 3. The van der Waals surface area contributed by atoms with Crippen molar-refractivity contribution in [3.8, 4) is 0 Å². The fourth-order valence-corrected chi connectivity index (χ4v) is 1.61. The van der Waals surface area contributed by atoms with Crippen molar-refractivity contribution < 1.29 is 4.42 Å². The van der Waals surface area contributed by atoms with Gasteiger partial charge in [0.2, 0.25) is 0 Å². The first-order chi connectivity index (χ1) is 5.66. The lowest BCUT2D eigenvalue weighted by molar-refractivity contribution is 0.604. The Morgan fingerprint density at radius 3 is 2.67 bits per heavy atom. The highest BCUT2D eigenvalue weighted by Crippen LogP contribution is 2.29. The molecule has 0 bridgehead atoms. The average Bonchev–Trinajstić information content (AvgIpc) is 2.29. The van der Waals surface area contributed by atoms with E-state index in [0.29, 0.717) is 21.1 Å². The molecule has 0 spiro atoms. The lowest BCUT2D eigenvalue weighted by atomic mass is 10.3. The van der Waals surface area contributed by atoms with E-state index in [0.717, 1.165) is 0 Å². The van der Waals surface area contributed by atoms with Crippen molar-refractivity contribution in [1.29, 1.82) is 0 Å². The molecule has 2 aromatic rings. The van der Waals surface area contributed by atoms with Crippen molar-refractivity contribution in [2.45, 2.75) is 0 Å². The average molecular weight is 222 g/mol. The van der Waals surface area contributed by atoms with Crippen LogP contribution in [0.25, 0.3) is 11.1 Å². The van der Waals surface area contributed by atoms with Gasteiger partial charge >= 0.3 is 0 Å². The van der Waals surface area contributed by atoms with Crippen LogP contribution in [0.5, 0.6) is 0 Å². The summed E-state index contributed by atoms with van der Waals surface area (Å²) in [4.78, 5) is 3.86. The van der Waals surface area contributed by atoms with Gasteiger partial charge in [-0.15, -0.1) is 0 Å². The van der Waals surface area contributed by atoms with E-state index in [1.807, 2.05) is 0 Å². The molecule has 0 N–H and O–H groups in total. The molecule has 12 heavy (non-hydrogen) atoms. The number of hydrogen-bond donors (Lipinski definition) is 0. The molecule has 1 aromatic carbocycles. The molecule has 0 amide bonds. The Morgan fingerprint density at radius 2 is 1.92 bits per heavy atom. The van der Waals surface area contributed by atoms with Crippen LogP contribution in [-0.2, 0) is 0 Å². The highest BCUT2D eigenvalue weighted by Gasteiger charge is 2.08. The van der Waals surface area contributed by atoms with Crippen LogP contribution in [0.1, 0.15) is 0 Å². The molecule has 0 radical (unpaired) electrons. The van der Waals surface area contributed by atoms with Crippen molar-refractivity contribution >= 4 is 45.9 Å². The number of aromatic nitrogens is 1. The second-order valence-electron chi connectivity index (χ2n) is 2.20. The van der Waals surface area contributed by atoms with Crippen LogP contribution in [-0.4, -0.2) is 4.98 Å².